The molecule has 0 bridgehead atoms. The van der Waals surface area contributed by atoms with Crippen LogP contribution in [-0.4, -0.2) is 5.91 Å². The van der Waals surface area contributed by atoms with Crippen molar-refractivity contribution >= 4 is 33.2 Å². The van der Waals surface area contributed by atoms with Gasteiger partial charge in [-0.2, -0.15) is 0 Å². The number of halogens is 1. The number of anilines is 2. The Bertz CT molecular complexity index is 572. The maximum Gasteiger partial charge on any atom is 0.274 e. The highest BCUT2D eigenvalue weighted by atomic mass is 79.9. The standard InChI is InChI=1S/C13H12BrN3O/c14-9-6-7-11(12(15)8-9)13(18)17(16)10-4-2-1-3-5-10/h1-8H,15-16H2. The van der Waals surface area contributed by atoms with Gasteiger partial charge in [-0.15, -0.1) is 0 Å². The molecule has 0 spiro atoms. The molecule has 0 heterocycles. The van der Waals surface area contributed by atoms with E-state index < -0.39 is 0 Å². The fraction of sp³-hybridized carbons (Fsp3) is 0. The number of carbonyl (C=O) groups is 1. The predicted molar refractivity (Wildman–Crippen MR) is 76.0 cm³/mol. The molecule has 0 aliphatic carbocycles. The summed E-state index contributed by atoms with van der Waals surface area (Å²) in [5, 5.41) is 1.08. The van der Waals surface area contributed by atoms with Crippen LogP contribution in [0.15, 0.2) is 53.0 Å². The number of hydrogen-bond donors (Lipinski definition) is 2. The van der Waals surface area contributed by atoms with E-state index in [1.807, 2.05) is 18.2 Å². The SMILES string of the molecule is Nc1cc(Br)ccc1C(=O)N(N)c1ccccc1. The van der Waals surface area contributed by atoms with Crippen molar-refractivity contribution in [1.82, 2.24) is 0 Å². The molecule has 0 aliphatic rings. The predicted octanol–water partition coefficient (Wildman–Crippen LogP) is 2.55. The van der Waals surface area contributed by atoms with E-state index in [0.717, 1.165) is 9.48 Å². The van der Waals surface area contributed by atoms with Crippen LogP contribution in [0.1, 0.15) is 10.4 Å². The van der Waals surface area contributed by atoms with Crippen molar-refractivity contribution in [3.63, 3.8) is 0 Å². The molecule has 92 valence electrons. The number of para-hydroxylation sites is 1. The molecule has 2 aromatic rings. The van der Waals surface area contributed by atoms with E-state index in [0.29, 0.717) is 16.9 Å². The molecule has 0 saturated heterocycles. The Labute approximate surface area is 113 Å². The first-order valence-corrected chi connectivity index (χ1v) is 6.08. The Morgan fingerprint density at radius 1 is 1.11 bits per heavy atom. The fourth-order valence-electron chi connectivity index (χ4n) is 1.56. The van der Waals surface area contributed by atoms with Gasteiger partial charge in [-0.3, -0.25) is 4.79 Å². The third-order valence-corrected chi connectivity index (χ3v) is 2.99. The first kappa shape index (κ1) is 12.6. The topological polar surface area (TPSA) is 72.4 Å². The minimum atomic E-state index is -0.341. The van der Waals surface area contributed by atoms with Gasteiger partial charge in [0.15, 0.2) is 0 Å². The number of rotatable bonds is 2. The van der Waals surface area contributed by atoms with Gasteiger partial charge in [-0.25, -0.2) is 10.9 Å². The van der Waals surface area contributed by atoms with E-state index in [1.165, 1.54) is 0 Å². The summed E-state index contributed by atoms with van der Waals surface area (Å²) >= 11 is 3.29. The van der Waals surface area contributed by atoms with Crippen molar-refractivity contribution in [1.29, 1.82) is 0 Å². The van der Waals surface area contributed by atoms with E-state index in [2.05, 4.69) is 15.9 Å². The first-order valence-electron chi connectivity index (χ1n) is 5.29. The van der Waals surface area contributed by atoms with Crippen molar-refractivity contribution in [3.05, 3.63) is 58.6 Å². The van der Waals surface area contributed by atoms with Crippen molar-refractivity contribution in [2.75, 3.05) is 10.7 Å². The average Bonchev–Trinajstić information content (AvgIpc) is 2.38. The van der Waals surface area contributed by atoms with Crippen molar-refractivity contribution in [3.8, 4) is 0 Å². The summed E-state index contributed by atoms with van der Waals surface area (Å²) in [7, 11) is 0. The Kier molecular flexibility index (Phi) is 3.64. The second-order valence-electron chi connectivity index (χ2n) is 3.74. The number of benzene rings is 2. The van der Waals surface area contributed by atoms with E-state index in [4.69, 9.17) is 11.6 Å². The number of hydrogen-bond acceptors (Lipinski definition) is 3. The molecular formula is C13H12BrN3O. The quantitative estimate of drug-likeness (QED) is 0.388. The largest absolute Gasteiger partial charge is 0.398 e. The Morgan fingerprint density at radius 3 is 2.39 bits per heavy atom. The summed E-state index contributed by atoms with van der Waals surface area (Å²) in [5.41, 5.74) is 7.19. The first-order chi connectivity index (χ1) is 8.59. The molecule has 4 N–H and O–H groups in total. The van der Waals surface area contributed by atoms with E-state index in [9.17, 15) is 4.79 Å². The van der Waals surface area contributed by atoms with Crippen LogP contribution in [0, 0.1) is 0 Å². The number of carbonyl (C=O) groups excluding carboxylic acids is 1. The second-order valence-corrected chi connectivity index (χ2v) is 4.66. The van der Waals surface area contributed by atoms with Crippen LogP contribution in [0.2, 0.25) is 0 Å². The van der Waals surface area contributed by atoms with Gasteiger partial charge in [0.1, 0.15) is 0 Å². The lowest BCUT2D eigenvalue weighted by atomic mass is 10.1. The number of hydrazine groups is 1. The molecule has 0 aliphatic heterocycles. The minimum absolute atomic E-state index is 0.341. The lowest BCUT2D eigenvalue weighted by molar-refractivity contribution is 0.0987. The average molecular weight is 306 g/mol. The van der Waals surface area contributed by atoms with Crippen molar-refractivity contribution < 1.29 is 4.79 Å². The molecule has 1 amide bonds. The van der Waals surface area contributed by atoms with Gasteiger partial charge < -0.3 is 5.73 Å². The Hall–Kier alpha value is -1.85. The zero-order chi connectivity index (χ0) is 13.1. The van der Waals surface area contributed by atoms with E-state index in [-0.39, 0.29) is 5.91 Å². The van der Waals surface area contributed by atoms with Crippen molar-refractivity contribution in [2.24, 2.45) is 5.84 Å². The molecule has 2 rings (SSSR count). The summed E-state index contributed by atoms with van der Waals surface area (Å²) in [6.45, 7) is 0. The van der Waals surface area contributed by atoms with E-state index in [1.54, 1.807) is 30.3 Å². The van der Waals surface area contributed by atoms with Crippen LogP contribution in [0.25, 0.3) is 0 Å². The molecule has 18 heavy (non-hydrogen) atoms. The van der Waals surface area contributed by atoms with Gasteiger partial charge >= 0.3 is 0 Å². The molecule has 0 unspecified atom stereocenters. The third kappa shape index (κ3) is 2.52. The zero-order valence-corrected chi connectivity index (χ0v) is 11.1. The highest BCUT2D eigenvalue weighted by molar-refractivity contribution is 9.10. The molecule has 4 nitrogen and oxygen atoms in total. The second kappa shape index (κ2) is 5.20. The molecule has 2 aromatic carbocycles. The van der Waals surface area contributed by atoms with Crippen LogP contribution in [-0.2, 0) is 0 Å². The molecule has 0 fully saturated rings. The van der Waals surface area contributed by atoms with Gasteiger partial charge in [0, 0.05) is 10.2 Å². The van der Waals surface area contributed by atoms with Crippen LogP contribution < -0.4 is 16.6 Å². The highest BCUT2D eigenvalue weighted by Crippen LogP contribution is 2.21. The van der Waals surface area contributed by atoms with Crippen LogP contribution in [0.3, 0.4) is 0 Å². The molecule has 0 atom stereocenters. The third-order valence-electron chi connectivity index (χ3n) is 2.50. The molecule has 5 heteroatoms. The van der Waals surface area contributed by atoms with Gasteiger partial charge in [0.2, 0.25) is 0 Å². The maximum atomic E-state index is 12.2. The summed E-state index contributed by atoms with van der Waals surface area (Å²) in [6, 6.07) is 14.1. The Balaban J connectivity index is 2.32. The summed E-state index contributed by atoms with van der Waals surface area (Å²) in [5.74, 6) is 5.45. The number of nitrogens with two attached hydrogens (primary N) is 2. The number of nitrogen functional groups attached to an aromatic ring is 1. The summed E-state index contributed by atoms with van der Waals surface area (Å²) in [6.07, 6.45) is 0. The number of nitrogens with zero attached hydrogens (tertiary/aromatic N) is 1. The highest BCUT2D eigenvalue weighted by Gasteiger charge is 2.16. The zero-order valence-electron chi connectivity index (χ0n) is 9.51. The monoisotopic (exact) mass is 305 g/mol. The summed E-state index contributed by atoms with van der Waals surface area (Å²) in [4.78, 5) is 12.2. The molecule has 0 radical (unpaired) electrons. The smallest absolute Gasteiger partial charge is 0.274 e. The minimum Gasteiger partial charge on any atom is -0.398 e. The molecule has 0 aromatic heterocycles. The fourth-order valence-corrected chi connectivity index (χ4v) is 1.94. The normalized spacial score (nSPS) is 10.1. The van der Waals surface area contributed by atoms with Crippen LogP contribution >= 0.6 is 15.9 Å². The van der Waals surface area contributed by atoms with Gasteiger partial charge in [0.25, 0.3) is 5.91 Å². The van der Waals surface area contributed by atoms with Gasteiger partial charge in [-0.1, -0.05) is 34.1 Å². The Morgan fingerprint density at radius 2 is 1.78 bits per heavy atom. The maximum absolute atomic E-state index is 12.2. The summed E-state index contributed by atoms with van der Waals surface area (Å²) < 4.78 is 0.819. The lowest BCUT2D eigenvalue weighted by Gasteiger charge is -2.17. The van der Waals surface area contributed by atoms with Crippen molar-refractivity contribution in [2.45, 2.75) is 0 Å². The molecular weight excluding hydrogens is 294 g/mol. The van der Waals surface area contributed by atoms with Gasteiger partial charge in [0.05, 0.1) is 11.3 Å². The van der Waals surface area contributed by atoms with Gasteiger partial charge in [-0.05, 0) is 30.3 Å². The lowest BCUT2D eigenvalue weighted by Crippen LogP contribution is -2.37. The van der Waals surface area contributed by atoms with Crippen LogP contribution in [0.4, 0.5) is 11.4 Å². The van der Waals surface area contributed by atoms with E-state index >= 15 is 0 Å². The number of amides is 1. The van der Waals surface area contributed by atoms with Crippen LogP contribution in [0.5, 0.6) is 0 Å². The molecule has 0 saturated carbocycles.